The summed E-state index contributed by atoms with van der Waals surface area (Å²) in [4.78, 5) is 23.8. The summed E-state index contributed by atoms with van der Waals surface area (Å²) in [6, 6.07) is 10.7. The van der Waals surface area contributed by atoms with E-state index in [2.05, 4.69) is 20.4 Å². The number of carbonyl (C=O) groups is 1. The summed E-state index contributed by atoms with van der Waals surface area (Å²) >= 11 is 1.33. The Hall–Kier alpha value is -4.18. The molecule has 1 amide bonds. The lowest BCUT2D eigenvalue weighted by Gasteiger charge is -2.27. The number of thiazole rings is 1. The van der Waals surface area contributed by atoms with Crippen LogP contribution in [0, 0.1) is 11.6 Å². The van der Waals surface area contributed by atoms with E-state index in [-0.39, 0.29) is 11.9 Å². The predicted octanol–water partition coefficient (Wildman–Crippen LogP) is 5.72. The van der Waals surface area contributed by atoms with Crippen molar-refractivity contribution in [2.75, 3.05) is 16.8 Å². The number of rotatable bonds is 5. The average Bonchev–Trinajstić information content (AvgIpc) is 3.65. The molecule has 0 aliphatic carbocycles. The van der Waals surface area contributed by atoms with Crippen molar-refractivity contribution in [1.82, 2.24) is 19.6 Å². The second-order valence-electron chi connectivity index (χ2n) is 8.52. The van der Waals surface area contributed by atoms with Crippen molar-refractivity contribution < 1.29 is 13.6 Å². The van der Waals surface area contributed by atoms with Crippen molar-refractivity contribution in [3.05, 3.63) is 95.4 Å². The molecule has 1 N–H and O–H groups in total. The molecule has 1 aliphatic rings. The van der Waals surface area contributed by atoms with Crippen molar-refractivity contribution in [2.45, 2.75) is 18.9 Å². The molecule has 5 aromatic rings. The number of hydrogen-bond donors (Lipinski definition) is 1. The number of nitrogens with zero attached hydrogens (tertiary/aromatic N) is 5. The van der Waals surface area contributed by atoms with Gasteiger partial charge in [0.25, 0.3) is 5.91 Å². The Morgan fingerprint density at radius 1 is 1.14 bits per heavy atom. The first kappa shape index (κ1) is 22.3. The van der Waals surface area contributed by atoms with Gasteiger partial charge in [-0.1, -0.05) is 0 Å². The Morgan fingerprint density at radius 3 is 2.92 bits per heavy atom. The third-order valence-electron chi connectivity index (χ3n) is 6.33. The van der Waals surface area contributed by atoms with Gasteiger partial charge in [-0.25, -0.2) is 18.3 Å². The zero-order valence-electron chi connectivity index (χ0n) is 18.9. The normalized spacial score (nSPS) is 15.5. The SMILES string of the molecule is O=C(Nc1nc(-c2cccnc2)cs1)c1cnn2ccc(N3CCC[C@@H]3c3cc(F)ccc3F)cc12. The van der Waals surface area contributed by atoms with Crippen LogP contribution in [0.5, 0.6) is 0 Å². The number of benzene rings is 1. The number of nitrogens with one attached hydrogen (secondary N) is 1. The Kier molecular flexibility index (Phi) is 5.65. The molecule has 0 spiro atoms. The van der Waals surface area contributed by atoms with Gasteiger partial charge in [-0.2, -0.15) is 5.10 Å². The maximum atomic E-state index is 14.5. The highest BCUT2D eigenvalue weighted by Gasteiger charge is 2.29. The summed E-state index contributed by atoms with van der Waals surface area (Å²) in [6.45, 7) is 0.697. The molecule has 0 saturated carbocycles. The van der Waals surface area contributed by atoms with Crippen LogP contribution in [-0.2, 0) is 0 Å². The minimum absolute atomic E-state index is 0.287. The lowest BCUT2D eigenvalue weighted by molar-refractivity contribution is 0.102. The first-order valence-electron chi connectivity index (χ1n) is 11.4. The summed E-state index contributed by atoms with van der Waals surface area (Å²) in [7, 11) is 0. The Bertz CT molecular complexity index is 1570. The van der Waals surface area contributed by atoms with Gasteiger partial charge in [-0.3, -0.25) is 15.1 Å². The number of anilines is 2. The lowest BCUT2D eigenvalue weighted by Crippen LogP contribution is -2.23. The van der Waals surface area contributed by atoms with Crippen LogP contribution >= 0.6 is 11.3 Å². The van der Waals surface area contributed by atoms with Gasteiger partial charge in [0.2, 0.25) is 0 Å². The Morgan fingerprint density at radius 2 is 2.06 bits per heavy atom. The van der Waals surface area contributed by atoms with E-state index in [1.165, 1.54) is 29.7 Å². The minimum Gasteiger partial charge on any atom is -0.364 e. The second kappa shape index (κ2) is 9.12. The van der Waals surface area contributed by atoms with Crippen LogP contribution in [0.2, 0.25) is 0 Å². The lowest BCUT2D eigenvalue weighted by atomic mass is 10.0. The summed E-state index contributed by atoms with van der Waals surface area (Å²) in [5.74, 6) is -1.21. The summed E-state index contributed by atoms with van der Waals surface area (Å²) in [6.07, 6.45) is 8.25. The molecular weight excluding hydrogens is 482 g/mol. The number of aromatic nitrogens is 4. The van der Waals surface area contributed by atoms with E-state index in [1.807, 2.05) is 34.5 Å². The van der Waals surface area contributed by atoms with Crippen LogP contribution in [0.3, 0.4) is 0 Å². The van der Waals surface area contributed by atoms with E-state index in [1.54, 1.807) is 23.1 Å². The van der Waals surface area contributed by atoms with Crippen LogP contribution < -0.4 is 10.2 Å². The molecule has 180 valence electrons. The first-order chi connectivity index (χ1) is 17.6. The molecule has 1 fully saturated rings. The largest absolute Gasteiger partial charge is 0.364 e. The van der Waals surface area contributed by atoms with Crippen LogP contribution in [0.1, 0.15) is 34.8 Å². The zero-order chi connectivity index (χ0) is 24.6. The van der Waals surface area contributed by atoms with Crippen LogP contribution in [-0.4, -0.2) is 32.0 Å². The fourth-order valence-electron chi connectivity index (χ4n) is 4.63. The molecule has 0 bridgehead atoms. The third kappa shape index (κ3) is 4.09. The third-order valence-corrected chi connectivity index (χ3v) is 7.09. The molecule has 1 atom stereocenters. The highest BCUT2D eigenvalue weighted by atomic mass is 32.1. The standard InChI is InChI=1S/C26H20F2N6OS/c27-17-5-6-21(28)19(11-17)23-4-2-9-33(23)18-7-10-34-24(12-18)20(14-30-34)25(35)32-26-31-22(15-36-26)16-3-1-8-29-13-16/h1,3,5-8,10-15,23H,2,4,9H2,(H,31,32,35)/t23-/m1/s1. The molecule has 0 unspecified atom stereocenters. The van der Waals surface area contributed by atoms with Crippen LogP contribution in [0.15, 0.2) is 72.6 Å². The molecule has 10 heteroatoms. The van der Waals surface area contributed by atoms with Gasteiger partial charge >= 0.3 is 0 Å². The number of fused-ring (bicyclic) bond motifs is 1. The number of halogens is 2. The van der Waals surface area contributed by atoms with E-state index < -0.39 is 11.6 Å². The van der Waals surface area contributed by atoms with Crippen molar-refractivity contribution >= 4 is 33.6 Å². The maximum Gasteiger partial charge on any atom is 0.261 e. The Balaban J connectivity index is 1.28. The molecular formula is C26H20F2N6OS. The summed E-state index contributed by atoms with van der Waals surface area (Å²) in [5.41, 5.74) is 3.76. The molecule has 1 saturated heterocycles. The van der Waals surface area contributed by atoms with Gasteiger partial charge in [0.15, 0.2) is 5.13 Å². The van der Waals surface area contributed by atoms with Crippen molar-refractivity contribution in [3.63, 3.8) is 0 Å². The number of amides is 1. The van der Waals surface area contributed by atoms with E-state index in [4.69, 9.17) is 0 Å². The summed E-state index contributed by atoms with van der Waals surface area (Å²) < 4.78 is 30.0. The smallest absolute Gasteiger partial charge is 0.261 e. The molecule has 7 nitrogen and oxygen atoms in total. The van der Waals surface area contributed by atoms with E-state index in [0.717, 1.165) is 29.4 Å². The highest BCUT2D eigenvalue weighted by Crippen LogP contribution is 2.38. The Labute approximate surface area is 209 Å². The quantitative estimate of drug-likeness (QED) is 0.333. The highest BCUT2D eigenvalue weighted by molar-refractivity contribution is 7.14. The molecule has 1 aliphatic heterocycles. The molecule has 0 radical (unpaired) electrons. The first-order valence-corrected chi connectivity index (χ1v) is 12.3. The zero-order valence-corrected chi connectivity index (χ0v) is 19.8. The second-order valence-corrected chi connectivity index (χ2v) is 9.38. The van der Waals surface area contributed by atoms with Gasteiger partial charge in [-0.05, 0) is 55.3 Å². The molecule has 5 heterocycles. The molecule has 4 aromatic heterocycles. The average molecular weight is 503 g/mol. The van der Waals surface area contributed by atoms with Gasteiger partial charge in [0.1, 0.15) is 11.6 Å². The number of carbonyl (C=O) groups excluding carboxylic acids is 1. The summed E-state index contributed by atoms with van der Waals surface area (Å²) in [5, 5.41) is 9.49. The van der Waals surface area contributed by atoms with E-state index in [9.17, 15) is 13.6 Å². The molecule has 1 aromatic carbocycles. The van der Waals surface area contributed by atoms with E-state index in [0.29, 0.717) is 34.7 Å². The van der Waals surface area contributed by atoms with Gasteiger partial charge in [0, 0.05) is 47.3 Å². The topological polar surface area (TPSA) is 75.4 Å². The van der Waals surface area contributed by atoms with Crippen molar-refractivity contribution in [2.24, 2.45) is 0 Å². The maximum absolute atomic E-state index is 14.5. The number of hydrogen-bond acceptors (Lipinski definition) is 6. The number of pyridine rings is 2. The van der Waals surface area contributed by atoms with Crippen molar-refractivity contribution in [3.8, 4) is 11.3 Å². The van der Waals surface area contributed by atoms with Gasteiger partial charge in [0.05, 0.1) is 29.0 Å². The van der Waals surface area contributed by atoms with Crippen molar-refractivity contribution in [1.29, 1.82) is 0 Å². The molecule has 6 rings (SSSR count). The fraction of sp³-hybridized carbons (Fsp3) is 0.154. The van der Waals surface area contributed by atoms with Crippen LogP contribution in [0.4, 0.5) is 19.6 Å². The van der Waals surface area contributed by atoms with Crippen LogP contribution in [0.25, 0.3) is 16.8 Å². The van der Waals surface area contributed by atoms with E-state index >= 15 is 0 Å². The molecule has 36 heavy (non-hydrogen) atoms. The monoisotopic (exact) mass is 502 g/mol. The minimum atomic E-state index is -0.461. The van der Waals surface area contributed by atoms with Gasteiger partial charge in [-0.15, -0.1) is 11.3 Å². The van der Waals surface area contributed by atoms with Gasteiger partial charge < -0.3 is 4.90 Å². The fourth-order valence-corrected chi connectivity index (χ4v) is 5.35. The predicted molar refractivity (Wildman–Crippen MR) is 134 cm³/mol.